The first-order valence-corrected chi connectivity index (χ1v) is 9.35. The quantitative estimate of drug-likeness (QED) is 0.227. The van der Waals surface area contributed by atoms with Crippen LogP contribution in [0.15, 0.2) is 24.3 Å². The second kappa shape index (κ2) is 9.29. The van der Waals surface area contributed by atoms with Crippen molar-refractivity contribution in [1.29, 1.82) is 0 Å². The molecule has 0 spiro atoms. The molecule has 0 saturated heterocycles. The zero-order valence-electron chi connectivity index (χ0n) is 13.6. The molecule has 23 heavy (non-hydrogen) atoms. The van der Waals surface area contributed by atoms with E-state index >= 15 is 0 Å². The van der Waals surface area contributed by atoms with Crippen LogP contribution < -0.4 is 4.74 Å². The van der Waals surface area contributed by atoms with Gasteiger partial charge in [0.25, 0.3) is 5.69 Å². The number of Topliss-reactive ketones (excluding diaryl/α,β-unsaturated/α-hetero) is 1. The highest BCUT2D eigenvalue weighted by molar-refractivity contribution is 7.96. The number of carbonyl (C=O) groups is 2. The highest BCUT2D eigenvalue weighted by Crippen LogP contribution is 2.18. The first-order valence-electron chi connectivity index (χ1n) is 7.38. The van der Waals surface area contributed by atoms with Gasteiger partial charge in [-0.2, -0.15) is 0 Å². The maximum Gasteiger partial charge on any atom is 0.361 e. The van der Waals surface area contributed by atoms with Crippen molar-refractivity contribution in [3.05, 3.63) is 34.4 Å². The molecule has 1 rings (SSSR count). The van der Waals surface area contributed by atoms with Crippen LogP contribution in [0.2, 0.25) is 0 Å². The zero-order chi connectivity index (χ0) is 17.4. The average molecular weight is 340 g/mol. The molecule has 126 valence electrons. The van der Waals surface area contributed by atoms with Crippen molar-refractivity contribution in [3.8, 4) is 5.75 Å². The summed E-state index contributed by atoms with van der Waals surface area (Å²) >= 11 is 0. The maximum atomic E-state index is 11.9. The summed E-state index contributed by atoms with van der Waals surface area (Å²) in [5.41, 5.74) is -0.0464. The van der Waals surface area contributed by atoms with Gasteiger partial charge in [-0.1, -0.05) is 6.92 Å². The smallest absolute Gasteiger partial charge is 0.361 e. The third-order valence-corrected chi connectivity index (χ3v) is 5.19. The monoisotopic (exact) mass is 340 g/mol. The number of hydrogen-bond donors (Lipinski definition) is 0. The largest absolute Gasteiger partial charge is 0.423 e. The van der Waals surface area contributed by atoms with Crippen molar-refractivity contribution >= 4 is 28.3 Å². The number of nitro groups is 1. The zero-order valence-corrected chi connectivity index (χ0v) is 14.4. The van der Waals surface area contributed by atoms with Gasteiger partial charge in [0.1, 0.15) is 17.3 Å². The number of non-ortho nitro benzene ring substituents is 1. The van der Waals surface area contributed by atoms with Gasteiger partial charge in [0.2, 0.25) is 5.75 Å². The summed E-state index contributed by atoms with van der Waals surface area (Å²) in [5.74, 6) is 1.29. The summed E-state index contributed by atoms with van der Waals surface area (Å²) in [4.78, 5) is 33.3. The lowest BCUT2D eigenvalue weighted by atomic mass is 10.00. The van der Waals surface area contributed by atoms with E-state index in [0.717, 1.165) is 18.6 Å². The number of ether oxygens (including phenoxy) is 1. The second-order valence-electron chi connectivity index (χ2n) is 5.36. The Morgan fingerprint density at radius 3 is 2.39 bits per heavy atom. The summed E-state index contributed by atoms with van der Waals surface area (Å²) < 4.78 is 5.18. The molecule has 0 bridgehead atoms. The van der Waals surface area contributed by atoms with Crippen LogP contribution in [0.25, 0.3) is 0 Å². The molecule has 7 heteroatoms. The Bertz CT molecular complexity index is 558. The standard InChI is InChI=1S/C16H22NO5S/c1-4-13(12(2)18)9-10-23(3)11-16(19)22-15-7-5-14(6-8-15)17(20)21/h5-8,13H,4,9-11H2,1-3H3/q+1/t13-,23?/m0/s1. The number of nitrogens with zero attached hydrogens (tertiary/aromatic N) is 1. The highest BCUT2D eigenvalue weighted by Gasteiger charge is 2.22. The average Bonchev–Trinajstić information content (AvgIpc) is 2.47. The summed E-state index contributed by atoms with van der Waals surface area (Å²) in [6.07, 6.45) is 3.58. The van der Waals surface area contributed by atoms with Crippen LogP contribution in [0.5, 0.6) is 5.75 Å². The van der Waals surface area contributed by atoms with E-state index < -0.39 is 4.92 Å². The lowest BCUT2D eigenvalue weighted by Crippen LogP contribution is -2.24. The van der Waals surface area contributed by atoms with Crippen molar-refractivity contribution in [1.82, 2.24) is 0 Å². The fourth-order valence-electron chi connectivity index (χ4n) is 2.11. The molecule has 0 fully saturated rings. The second-order valence-corrected chi connectivity index (χ2v) is 7.62. The third-order valence-electron chi connectivity index (χ3n) is 3.53. The van der Waals surface area contributed by atoms with E-state index in [9.17, 15) is 19.7 Å². The Kier molecular flexibility index (Phi) is 7.74. The maximum absolute atomic E-state index is 11.9. The minimum Gasteiger partial charge on any atom is -0.423 e. The third kappa shape index (κ3) is 6.81. The lowest BCUT2D eigenvalue weighted by Gasteiger charge is -2.10. The van der Waals surface area contributed by atoms with Gasteiger partial charge in [0, 0.05) is 24.5 Å². The predicted octanol–water partition coefficient (Wildman–Crippen LogP) is 2.75. The Balaban J connectivity index is 2.43. The van der Waals surface area contributed by atoms with Crippen LogP contribution >= 0.6 is 0 Å². The minimum atomic E-state index is -0.506. The van der Waals surface area contributed by atoms with Crippen LogP contribution in [-0.2, 0) is 20.5 Å². The molecule has 1 aromatic rings. The van der Waals surface area contributed by atoms with E-state index in [2.05, 4.69) is 0 Å². The fourth-order valence-corrected chi connectivity index (χ4v) is 3.40. The first-order chi connectivity index (χ1) is 10.8. The van der Waals surface area contributed by atoms with Crippen molar-refractivity contribution in [2.24, 2.45) is 5.92 Å². The van der Waals surface area contributed by atoms with Crippen LogP contribution in [0, 0.1) is 16.0 Å². The molecule has 0 aliphatic rings. The van der Waals surface area contributed by atoms with E-state index in [1.807, 2.05) is 13.2 Å². The van der Waals surface area contributed by atoms with E-state index in [1.165, 1.54) is 24.3 Å². The van der Waals surface area contributed by atoms with Crippen molar-refractivity contribution in [2.75, 3.05) is 17.8 Å². The van der Waals surface area contributed by atoms with Gasteiger partial charge in [0.15, 0.2) is 0 Å². The molecule has 0 saturated carbocycles. The summed E-state index contributed by atoms with van der Waals surface area (Å²) in [6.45, 7) is 3.59. The molecule has 0 aromatic heterocycles. The Morgan fingerprint density at radius 2 is 1.91 bits per heavy atom. The normalized spacial score (nSPS) is 13.2. The van der Waals surface area contributed by atoms with Crippen LogP contribution in [0.3, 0.4) is 0 Å². The van der Waals surface area contributed by atoms with Gasteiger partial charge in [-0.15, -0.1) is 0 Å². The molecule has 2 atom stereocenters. The number of benzene rings is 1. The topological polar surface area (TPSA) is 86.5 Å². The molecule has 0 amide bonds. The molecular weight excluding hydrogens is 318 g/mol. The summed E-state index contributed by atoms with van der Waals surface area (Å²) in [6, 6.07) is 5.42. The van der Waals surface area contributed by atoms with Crippen molar-refractivity contribution < 1.29 is 19.2 Å². The van der Waals surface area contributed by atoms with Crippen LogP contribution in [-0.4, -0.2) is 34.4 Å². The summed E-state index contributed by atoms with van der Waals surface area (Å²) in [5, 5.41) is 10.6. The van der Waals surface area contributed by atoms with Gasteiger partial charge in [-0.3, -0.25) is 14.9 Å². The molecule has 1 aromatic carbocycles. The first kappa shape index (κ1) is 19.2. The number of hydrogen-bond acceptors (Lipinski definition) is 5. The van der Waals surface area contributed by atoms with Gasteiger partial charge in [-0.25, -0.2) is 4.79 Å². The van der Waals surface area contributed by atoms with Crippen LogP contribution in [0.4, 0.5) is 5.69 Å². The van der Waals surface area contributed by atoms with E-state index in [-0.39, 0.29) is 40.0 Å². The molecule has 0 aliphatic heterocycles. The highest BCUT2D eigenvalue weighted by atomic mass is 32.2. The molecular formula is C16H22NO5S+. The minimum absolute atomic E-state index is 0.0464. The number of esters is 1. The lowest BCUT2D eigenvalue weighted by molar-refractivity contribution is -0.384. The molecule has 0 N–H and O–H groups in total. The fraction of sp³-hybridized carbons (Fsp3) is 0.500. The SMILES string of the molecule is CC[C@@H](CC[S+](C)CC(=O)Oc1ccc([N+](=O)[O-])cc1)C(C)=O. The summed E-state index contributed by atoms with van der Waals surface area (Å²) in [7, 11) is -0.159. The predicted molar refractivity (Wildman–Crippen MR) is 90.8 cm³/mol. The van der Waals surface area contributed by atoms with Gasteiger partial charge < -0.3 is 4.74 Å². The van der Waals surface area contributed by atoms with E-state index in [0.29, 0.717) is 5.75 Å². The van der Waals surface area contributed by atoms with Gasteiger partial charge in [0.05, 0.1) is 11.2 Å². The van der Waals surface area contributed by atoms with Crippen molar-refractivity contribution in [2.45, 2.75) is 26.7 Å². The number of carbonyl (C=O) groups excluding carboxylic acids is 2. The molecule has 0 aliphatic carbocycles. The molecule has 0 radical (unpaired) electrons. The molecule has 1 unspecified atom stereocenters. The number of rotatable bonds is 9. The van der Waals surface area contributed by atoms with Gasteiger partial charge in [-0.05, 0) is 36.4 Å². The van der Waals surface area contributed by atoms with Crippen LogP contribution in [0.1, 0.15) is 26.7 Å². The molecule has 6 nitrogen and oxygen atoms in total. The van der Waals surface area contributed by atoms with E-state index in [4.69, 9.17) is 4.74 Å². The van der Waals surface area contributed by atoms with Crippen molar-refractivity contribution in [3.63, 3.8) is 0 Å². The molecule has 0 heterocycles. The number of ketones is 1. The van der Waals surface area contributed by atoms with Gasteiger partial charge >= 0.3 is 5.97 Å². The Morgan fingerprint density at radius 1 is 1.30 bits per heavy atom. The Labute approximate surface area is 138 Å². The van der Waals surface area contributed by atoms with E-state index in [1.54, 1.807) is 6.92 Å². The Hall–Kier alpha value is -1.89. The number of nitro benzene ring substituents is 1.